The molecule has 0 saturated heterocycles. The number of benzene rings is 1. The summed E-state index contributed by atoms with van der Waals surface area (Å²) in [5, 5.41) is 9.18. The smallest absolute Gasteiger partial charge is 0.326 e. The van der Waals surface area contributed by atoms with Crippen LogP contribution in [0.15, 0.2) is 24.3 Å². The summed E-state index contributed by atoms with van der Waals surface area (Å²) in [4.78, 5) is 48.3. The van der Waals surface area contributed by atoms with Crippen LogP contribution in [0.25, 0.3) is 0 Å². The molecule has 0 fully saturated rings. The van der Waals surface area contributed by atoms with Crippen LogP contribution in [0.2, 0.25) is 0 Å². The number of imide groups is 1. The molecule has 0 aliphatic carbocycles. The van der Waals surface area contributed by atoms with Gasteiger partial charge in [0.05, 0.1) is 11.1 Å². The third kappa shape index (κ3) is 3.04. The molecule has 1 aromatic rings. The Hall–Kier alpha value is -2.15. The summed E-state index contributed by atoms with van der Waals surface area (Å²) >= 11 is 1.10. The van der Waals surface area contributed by atoms with Gasteiger partial charge < -0.3 is 5.11 Å². The zero-order chi connectivity index (χ0) is 16.3. The first-order valence-electron chi connectivity index (χ1n) is 6.82. The molecule has 22 heavy (non-hydrogen) atoms. The molecule has 1 aliphatic heterocycles. The largest absolute Gasteiger partial charge is 0.480 e. The van der Waals surface area contributed by atoms with Gasteiger partial charge in [0.25, 0.3) is 11.8 Å². The van der Waals surface area contributed by atoms with E-state index in [4.69, 9.17) is 0 Å². The molecule has 7 heteroatoms. The molecule has 0 aromatic heterocycles. The fourth-order valence-corrected chi connectivity index (χ4v) is 2.93. The zero-order valence-corrected chi connectivity index (χ0v) is 12.8. The monoisotopic (exact) mass is 321 g/mol. The molecule has 6 nitrogen and oxygen atoms in total. The maximum atomic E-state index is 12.3. The van der Waals surface area contributed by atoms with Crippen LogP contribution in [0.3, 0.4) is 0 Å². The maximum Gasteiger partial charge on any atom is 0.326 e. The Morgan fingerprint density at radius 1 is 1.18 bits per heavy atom. The first kappa shape index (κ1) is 16.2. The van der Waals surface area contributed by atoms with Gasteiger partial charge in [-0.15, -0.1) is 0 Å². The Morgan fingerprint density at radius 2 is 1.73 bits per heavy atom. The van der Waals surface area contributed by atoms with Crippen molar-refractivity contribution in [3.05, 3.63) is 35.4 Å². The van der Waals surface area contributed by atoms with Crippen LogP contribution in [-0.4, -0.2) is 44.7 Å². The van der Waals surface area contributed by atoms with E-state index in [0.717, 1.165) is 16.7 Å². The standard InChI is InChI=1S/C15H15NO5S/c1-2-22-12(17)8-7-11(15(20)21)16-13(18)9-5-3-4-6-10(9)14(16)19/h3-6,11H,2,7-8H2,1H3,(H,20,21)/t11-/m0/s1. The number of amides is 2. The highest BCUT2D eigenvalue weighted by molar-refractivity contribution is 8.13. The fraction of sp³-hybridized carbons (Fsp3) is 0.333. The Bertz CT molecular complexity index is 608. The highest BCUT2D eigenvalue weighted by Gasteiger charge is 2.42. The number of hydrogen-bond donors (Lipinski definition) is 1. The van der Waals surface area contributed by atoms with Gasteiger partial charge in [0, 0.05) is 6.42 Å². The number of aliphatic carboxylic acids is 1. The van der Waals surface area contributed by atoms with Crippen molar-refractivity contribution in [2.75, 3.05) is 5.75 Å². The van der Waals surface area contributed by atoms with Gasteiger partial charge in [-0.1, -0.05) is 30.8 Å². The quantitative estimate of drug-likeness (QED) is 0.803. The van der Waals surface area contributed by atoms with Crippen molar-refractivity contribution >= 4 is 34.7 Å². The molecule has 116 valence electrons. The van der Waals surface area contributed by atoms with E-state index in [2.05, 4.69) is 0 Å². The third-order valence-corrected chi connectivity index (χ3v) is 4.16. The van der Waals surface area contributed by atoms with Crippen LogP contribution in [0.4, 0.5) is 0 Å². The molecule has 1 N–H and O–H groups in total. The lowest BCUT2D eigenvalue weighted by Gasteiger charge is -2.22. The molecule has 0 radical (unpaired) electrons. The van der Waals surface area contributed by atoms with E-state index in [9.17, 15) is 24.3 Å². The van der Waals surface area contributed by atoms with Crippen molar-refractivity contribution in [1.82, 2.24) is 4.90 Å². The van der Waals surface area contributed by atoms with Gasteiger partial charge in [-0.3, -0.25) is 19.3 Å². The van der Waals surface area contributed by atoms with Gasteiger partial charge in [-0.05, 0) is 24.3 Å². The number of carboxylic acid groups (broad SMARTS) is 1. The Morgan fingerprint density at radius 3 is 2.18 bits per heavy atom. The molecule has 1 atom stereocenters. The second kappa shape index (κ2) is 6.74. The molecule has 1 heterocycles. The van der Waals surface area contributed by atoms with Crippen molar-refractivity contribution in [3.8, 4) is 0 Å². The summed E-state index contributed by atoms with van der Waals surface area (Å²) in [6, 6.07) is 4.89. The van der Waals surface area contributed by atoms with Gasteiger partial charge in [-0.25, -0.2) is 4.79 Å². The number of nitrogens with zero attached hydrogens (tertiary/aromatic N) is 1. The third-order valence-electron chi connectivity index (χ3n) is 3.35. The maximum absolute atomic E-state index is 12.3. The Balaban J connectivity index is 2.20. The normalized spacial score (nSPS) is 14.9. The molecule has 1 aliphatic rings. The van der Waals surface area contributed by atoms with E-state index >= 15 is 0 Å². The predicted octanol–water partition coefficient (Wildman–Crippen LogP) is 1.80. The lowest BCUT2D eigenvalue weighted by molar-refractivity contribution is -0.141. The van der Waals surface area contributed by atoms with Crippen LogP contribution in [0, 0.1) is 0 Å². The lowest BCUT2D eigenvalue weighted by atomic mass is 10.1. The van der Waals surface area contributed by atoms with E-state index in [1.54, 1.807) is 12.1 Å². The summed E-state index contributed by atoms with van der Waals surface area (Å²) in [6.45, 7) is 1.82. The molecule has 2 amide bonds. The average Bonchev–Trinajstić information content (AvgIpc) is 2.73. The summed E-state index contributed by atoms with van der Waals surface area (Å²) in [7, 11) is 0. The van der Waals surface area contributed by atoms with Crippen LogP contribution in [-0.2, 0) is 9.59 Å². The Labute approximate surface area is 131 Å². The van der Waals surface area contributed by atoms with Crippen molar-refractivity contribution in [2.45, 2.75) is 25.8 Å². The molecule has 0 spiro atoms. The number of carbonyl (C=O) groups excluding carboxylic acids is 3. The minimum absolute atomic E-state index is 0.00286. The molecule has 1 aromatic carbocycles. The highest BCUT2D eigenvalue weighted by atomic mass is 32.2. The highest BCUT2D eigenvalue weighted by Crippen LogP contribution is 2.26. The SMILES string of the molecule is CCSC(=O)CC[C@@H](C(=O)O)N1C(=O)c2ccccc2C1=O. The fourth-order valence-electron chi connectivity index (χ4n) is 2.34. The summed E-state index contributed by atoms with van der Waals surface area (Å²) in [6.07, 6.45) is -0.0739. The van der Waals surface area contributed by atoms with Gasteiger partial charge in [-0.2, -0.15) is 0 Å². The van der Waals surface area contributed by atoms with E-state index in [1.807, 2.05) is 6.92 Å². The summed E-state index contributed by atoms with van der Waals surface area (Å²) < 4.78 is 0. The average molecular weight is 321 g/mol. The van der Waals surface area contributed by atoms with Gasteiger partial charge in [0.2, 0.25) is 0 Å². The van der Waals surface area contributed by atoms with E-state index in [0.29, 0.717) is 5.75 Å². The number of fused-ring (bicyclic) bond motifs is 1. The number of carbonyl (C=O) groups is 4. The molecule has 0 saturated carbocycles. The van der Waals surface area contributed by atoms with Gasteiger partial charge in [0.1, 0.15) is 6.04 Å². The number of rotatable bonds is 6. The first-order chi connectivity index (χ1) is 10.5. The summed E-state index contributed by atoms with van der Waals surface area (Å²) in [5.74, 6) is -1.93. The van der Waals surface area contributed by atoms with E-state index in [-0.39, 0.29) is 29.1 Å². The number of hydrogen-bond acceptors (Lipinski definition) is 5. The summed E-state index contributed by atoms with van der Waals surface area (Å²) in [5.41, 5.74) is 0.404. The second-order valence-electron chi connectivity index (χ2n) is 4.72. The van der Waals surface area contributed by atoms with Crippen LogP contribution >= 0.6 is 11.8 Å². The minimum atomic E-state index is -1.33. The van der Waals surface area contributed by atoms with E-state index < -0.39 is 23.8 Å². The second-order valence-corrected chi connectivity index (χ2v) is 6.04. The van der Waals surface area contributed by atoms with Crippen LogP contribution in [0.1, 0.15) is 40.5 Å². The topological polar surface area (TPSA) is 91.8 Å². The lowest BCUT2D eigenvalue weighted by Crippen LogP contribution is -2.45. The van der Waals surface area contributed by atoms with Crippen molar-refractivity contribution in [1.29, 1.82) is 0 Å². The molecule has 2 rings (SSSR count). The number of thioether (sulfide) groups is 1. The van der Waals surface area contributed by atoms with Gasteiger partial charge in [0.15, 0.2) is 5.12 Å². The number of carboxylic acids is 1. The molecular weight excluding hydrogens is 306 g/mol. The van der Waals surface area contributed by atoms with Crippen LogP contribution < -0.4 is 0 Å². The predicted molar refractivity (Wildman–Crippen MR) is 80.7 cm³/mol. The van der Waals surface area contributed by atoms with Crippen molar-refractivity contribution in [3.63, 3.8) is 0 Å². The molecule has 0 bridgehead atoms. The molecule has 0 unspecified atom stereocenters. The first-order valence-corrected chi connectivity index (χ1v) is 7.81. The Kier molecular flexibility index (Phi) is 4.97. The van der Waals surface area contributed by atoms with Crippen LogP contribution in [0.5, 0.6) is 0 Å². The van der Waals surface area contributed by atoms with Gasteiger partial charge >= 0.3 is 5.97 Å². The molecular formula is C15H15NO5S. The van der Waals surface area contributed by atoms with Crippen molar-refractivity contribution < 1.29 is 24.3 Å². The zero-order valence-electron chi connectivity index (χ0n) is 11.9. The minimum Gasteiger partial charge on any atom is -0.480 e. The van der Waals surface area contributed by atoms with E-state index in [1.165, 1.54) is 12.1 Å². The van der Waals surface area contributed by atoms with Crippen molar-refractivity contribution in [2.24, 2.45) is 0 Å².